The predicted molar refractivity (Wildman–Crippen MR) is 88.0 cm³/mol. The summed E-state index contributed by atoms with van der Waals surface area (Å²) in [5, 5.41) is 0.666. The minimum atomic E-state index is 0.623. The average molecular weight is 301 g/mol. The Balaban J connectivity index is 1.95. The van der Waals surface area contributed by atoms with E-state index in [-0.39, 0.29) is 0 Å². The van der Waals surface area contributed by atoms with Crippen molar-refractivity contribution in [2.24, 2.45) is 0 Å². The molecule has 3 rings (SSSR count). The molecule has 1 heterocycles. The second kappa shape index (κ2) is 5.78. The number of fused-ring (bicyclic) bond motifs is 1. The van der Waals surface area contributed by atoms with Crippen LogP contribution in [-0.4, -0.2) is 18.1 Å². The smallest absolute Gasteiger partial charge is 0.227 e. The Kier molecular flexibility index (Phi) is 3.84. The highest BCUT2D eigenvalue weighted by molar-refractivity contribution is 6.31. The van der Waals surface area contributed by atoms with Gasteiger partial charge in [0.2, 0.25) is 5.89 Å². The molecule has 3 nitrogen and oxygen atoms in total. The Morgan fingerprint density at radius 2 is 1.76 bits per heavy atom. The maximum absolute atomic E-state index is 5.97. The first-order chi connectivity index (χ1) is 10.2. The average Bonchev–Trinajstić information content (AvgIpc) is 2.92. The number of hydrogen-bond acceptors (Lipinski definition) is 3. The van der Waals surface area contributed by atoms with Gasteiger partial charge in [-0.25, -0.2) is 4.98 Å². The number of benzene rings is 2. The van der Waals surface area contributed by atoms with E-state index in [1.807, 2.05) is 30.3 Å². The molecule has 0 saturated heterocycles. The molecule has 4 heteroatoms. The van der Waals surface area contributed by atoms with E-state index < -0.39 is 0 Å². The van der Waals surface area contributed by atoms with Crippen molar-refractivity contribution in [3.05, 3.63) is 47.5 Å². The summed E-state index contributed by atoms with van der Waals surface area (Å²) in [7, 11) is 0. The minimum absolute atomic E-state index is 0.623. The summed E-state index contributed by atoms with van der Waals surface area (Å²) < 4.78 is 5.78. The fourth-order valence-electron chi connectivity index (χ4n) is 2.43. The molecule has 0 amide bonds. The molecule has 0 fully saturated rings. The maximum Gasteiger partial charge on any atom is 0.227 e. The van der Waals surface area contributed by atoms with Crippen molar-refractivity contribution >= 4 is 28.4 Å². The predicted octanol–water partition coefficient (Wildman–Crippen LogP) is 4.99. The van der Waals surface area contributed by atoms with Crippen LogP contribution in [-0.2, 0) is 0 Å². The number of rotatable bonds is 4. The lowest BCUT2D eigenvalue weighted by molar-refractivity contribution is 0.620. The zero-order valence-corrected chi connectivity index (χ0v) is 12.9. The van der Waals surface area contributed by atoms with Crippen LogP contribution in [0.15, 0.2) is 46.9 Å². The van der Waals surface area contributed by atoms with Crippen LogP contribution in [0.25, 0.3) is 22.6 Å². The van der Waals surface area contributed by atoms with Crippen LogP contribution in [0.3, 0.4) is 0 Å². The summed E-state index contributed by atoms with van der Waals surface area (Å²) in [5.74, 6) is 0.623. The second-order valence-electron chi connectivity index (χ2n) is 4.85. The van der Waals surface area contributed by atoms with Gasteiger partial charge in [0.1, 0.15) is 5.52 Å². The number of halogens is 1. The van der Waals surface area contributed by atoms with Crippen LogP contribution in [0.5, 0.6) is 0 Å². The Labute approximate surface area is 129 Å². The van der Waals surface area contributed by atoms with E-state index in [1.54, 1.807) is 0 Å². The van der Waals surface area contributed by atoms with Gasteiger partial charge in [0.25, 0.3) is 0 Å². The number of nitrogens with zero attached hydrogens (tertiary/aromatic N) is 2. The maximum atomic E-state index is 5.97. The molecule has 0 saturated carbocycles. The normalized spacial score (nSPS) is 11.0. The molecule has 2 aromatic carbocycles. The summed E-state index contributed by atoms with van der Waals surface area (Å²) in [4.78, 5) is 6.80. The molecule has 0 atom stereocenters. The van der Waals surface area contributed by atoms with Crippen LogP contribution < -0.4 is 4.90 Å². The van der Waals surface area contributed by atoms with Gasteiger partial charge in [-0.3, -0.25) is 0 Å². The highest BCUT2D eigenvalue weighted by Crippen LogP contribution is 2.27. The molecule has 0 unspecified atom stereocenters. The number of oxazole rings is 1. The number of anilines is 1. The largest absolute Gasteiger partial charge is 0.436 e. The molecular weight excluding hydrogens is 284 g/mol. The Morgan fingerprint density at radius 3 is 2.43 bits per heavy atom. The van der Waals surface area contributed by atoms with Gasteiger partial charge >= 0.3 is 0 Å². The molecule has 0 spiro atoms. The lowest BCUT2D eigenvalue weighted by Gasteiger charge is -2.20. The zero-order chi connectivity index (χ0) is 14.8. The highest BCUT2D eigenvalue weighted by atomic mass is 35.5. The van der Waals surface area contributed by atoms with Gasteiger partial charge in [0.15, 0.2) is 5.58 Å². The molecule has 3 aromatic rings. The van der Waals surface area contributed by atoms with E-state index in [1.165, 1.54) is 5.69 Å². The first-order valence-electron chi connectivity index (χ1n) is 7.12. The molecule has 1 aromatic heterocycles. The number of aromatic nitrogens is 1. The Bertz CT molecular complexity index is 745. The molecular formula is C17H17ClN2O. The van der Waals surface area contributed by atoms with E-state index >= 15 is 0 Å². The van der Waals surface area contributed by atoms with Crippen LogP contribution in [0.2, 0.25) is 5.02 Å². The van der Waals surface area contributed by atoms with Crippen molar-refractivity contribution in [3.63, 3.8) is 0 Å². The Hall–Kier alpha value is -2.00. The monoisotopic (exact) mass is 300 g/mol. The van der Waals surface area contributed by atoms with Crippen LogP contribution in [0.1, 0.15) is 13.8 Å². The third-order valence-electron chi connectivity index (χ3n) is 3.59. The van der Waals surface area contributed by atoms with Crippen molar-refractivity contribution in [3.8, 4) is 11.5 Å². The van der Waals surface area contributed by atoms with Gasteiger partial charge in [0.05, 0.1) is 0 Å². The van der Waals surface area contributed by atoms with Crippen molar-refractivity contribution in [1.29, 1.82) is 0 Å². The number of hydrogen-bond donors (Lipinski definition) is 0. The van der Waals surface area contributed by atoms with E-state index in [9.17, 15) is 0 Å². The van der Waals surface area contributed by atoms with Crippen LogP contribution >= 0.6 is 11.6 Å². The summed E-state index contributed by atoms with van der Waals surface area (Å²) in [6, 6.07) is 13.8. The van der Waals surface area contributed by atoms with Gasteiger partial charge < -0.3 is 9.32 Å². The molecule has 0 aliphatic heterocycles. The van der Waals surface area contributed by atoms with Gasteiger partial charge in [-0.1, -0.05) is 11.6 Å². The fourth-order valence-corrected chi connectivity index (χ4v) is 2.59. The lowest BCUT2D eigenvalue weighted by Crippen LogP contribution is -2.21. The molecule has 0 aliphatic carbocycles. The lowest BCUT2D eigenvalue weighted by atomic mass is 10.2. The standard InChI is InChI=1S/C17H17ClN2O/c1-3-20(4-2)14-8-5-12(6-9-14)17-19-15-11-13(18)7-10-16(15)21-17/h5-11H,3-4H2,1-2H3. The van der Waals surface area contributed by atoms with Crippen molar-refractivity contribution in [2.45, 2.75) is 13.8 Å². The highest BCUT2D eigenvalue weighted by Gasteiger charge is 2.09. The van der Waals surface area contributed by atoms with Crippen LogP contribution in [0, 0.1) is 0 Å². The van der Waals surface area contributed by atoms with Crippen LogP contribution in [0.4, 0.5) is 5.69 Å². The molecule has 0 radical (unpaired) electrons. The first-order valence-corrected chi connectivity index (χ1v) is 7.50. The SMILES string of the molecule is CCN(CC)c1ccc(-c2nc3cc(Cl)ccc3o2)cc1. The molecule has 0 aliphatic rings. The topological polar surface area (TPSA) is 29.3 Å². The third-order valence-corrected chi connectivity index (χ3v) is 3.83. The summed E-state index contributed by atoms with van der Waals surface area (Å²) in [5.41, 5.74) is 3.72. The molecule has 108 valence electrons. The van der Waals surface area contributed by atoms with Crippen molar-refractivity contribution in [1.82, 2.24) is 4.98 Å². The van der Waals surface area contributed by atoms with Crippen molar-refractivity contribution in [2.75, 3.05) is 18.0 Å². The van der Waals surface area contributed by atoms with Gasteiger partial charge in [-0.15, -0.1) is 0 Å². The van der Waals surface area contributed by atoms with E-state index in [0.29, 0.717) is 10.9 Å². The molecule has 0 N–H and O–H groups in total. The third kappa shape index (κ3) is 2.74. The minimum Gasteiger partial charge on any atom is -0.436 e. The summed E-state index contributed by atoms with van der Waals surface area (Å²) in [6.07, 6.45) is 0. The second-order valence-corrected chi connectivity index (χ2v) is 5.29. The van der Waals surface area contributed by atoms with Crippen molar-refractivity contribution < 1.29 is 4.42 Å². The van der Waals surface area contributed by atoms with Gasteiger partial charge in [-0.05, 0) is 56.3 Å². The van der Waals surface area contributed by atoms with Gasteiger partial charge in [0, 0.05) is 29.4 Å². The van der Waals surface area contributed by atoms with Gasteiger partial charge in [-0.2, -0.15) is 0 Å². The molecule has 0 bridgehead atoms. The fraction of sp³-hybridized carbons (Fsp3) is 0.235. The summed E-state index contributed by atoms with van der Waals surface area (Å²) in [6.45, 7) is 6.30. The first kappa shape index (κ1) is 14.0. The quantitative estimate of drug-likeness (QED) is 0.679. The zero-order valence-electron chi connectivity index (χ0n) is 12.1. The van der Waals surface area contributed by atoms with E-state index in [2.05, 4.69) is 35.9 Å². The summed E-state index contributed by atoms with van der Waals surface area (Å²) >= 11 is 5.97. The van der Waals surface area contributed by atoms with E-state index in [4.69, 9.17) is 16.0 Å². The molecule has 21 heavy (non-hydrogen) atoms. The van der Waals surface area contributed by atoms with E-state index in [0.717, 1.165) is 29.8 Å². The Morgan fingerprint density at radius 1 is 1.05 bits per heavy atom.